The zero-order valence-corrected chi connectivity index (χ0v) is 32.3. The Bertz CT molecular complexity index is 2950. The summed E-state index contributed by atoms with van der Waals surface area (Å²) in [6.45, 7) is 2.34. The molecule has 1 atom stereocenters. The van der Waals surface area contributed by atoms with Crippen molar-refractivity contribution in [1.29, 1.82) is 0 Å². The number of carbonyl (C=O) groups is 1. The number of amides is 1. The average Bonchev–Trinajstić information content (AvgIpc) is 3.66. The molecule has 14 nitrogen and oxygen atoms in total. The van der Waals surface area contributed by atoms with Crippen LogP contribution in [0.2, 0.25) is 5.02 Å². The third-order valence-electron chi connectivity index (χ3n) is 9.06. The molecule has 7 rings (SSSR count). The number of nitrogens with zero attached hydrogens (tertiary/aromatic N) is 8. The number of alkyl halides is 3. The molecule has 7 aromatic rings. The lowest BCUT2D eigenvalue weighted by Crippen LogP contribution is -2.37. The second-order valence-electron chi connectivity index (χ2n) is 13.4. The van der Waals surface area contributed by atoms with Gasteiger partial charge < -0.3 is 5.32 Å². The molecule has 4 aromatic heterocycles. The van der Waals surface area contributed by atoms with Crippen molar-refractivity contribution in [3.05, 3.63) is 122 Å². The Balaban J connectivity index is 1.49. The molecule has 0 aliphatic carbocycles. The van der Waals surface area contributed by atoms with Crippen LogP contribution in [0.5, 0.6) is 0 Å². The molecule has 0 spiro atoms. The third-order valence-corrected chi connectivity index (χ3v) is 9.94. The SMILES string of the molecule is Cc1nccnc1-c1ccc2c(=O)n(-c3ccc(Cl)c4c(NS(C)(=O)=O)nn(C)c34)c([C@H](Cc3cc(F)cc(F)c3)NC(=O)Cn3nc(C(F)(F)F)cc3C)nc2c1. The molecule has 3 aromatic carbocycles. The van der Waals surface area contributed by atoms with Crippen LogP contribution in [0.4, 0.5) is 27.8 Å². The number of halogens is 6. The van der Waals surface area contributed by atoms with Gasteiger partial charge in [-0.1, -0.05) is 17.7 Å². The maximum absolute atomic E-state index is 14.9. The lowest BCUT2D eigenvalue weighted by molar-refractivity contribution is -0.141. The predicted octanol–water partition coefficient (Wildman–Crippen LogP) is 5.96. The van der Waals surface area contributed by atoms with Gasteiger partial charge in [0.2, 0.25) is 15.9 Å². The van der Waals surface area contributed by atoms with Gasteiger partial charge in [0.1, 0.15) is 24.0 Å². The number of carbonyl (C=O) groups excluding carboxylic acids is 1. The first-order valence-electron chi connectivity index (χ1n) is 17.1. The lowest BCUT2D eigenvalue weighted by atomic mass is 10.0. The Morgan fingerprint density at radius 3 is 2.33 bits per heavy atom. The van der Waals surface area contributed by atoms with Gasteiger partial charge in [-0.2, -0.15) is 23.4 Å². The number of hydrogen-bond acceptors (Lipinski definition) is 9. The number of sulfonamides is 1. The summed E-state index contributed by atoms with van der Waals surface area (Å²) in [5, 5.41) is 10.8. The topological polar surface area (TPSA) is 172 Å². The van der Waals surface area contributed by atoms with Gasteiger partial charge in [0.25, 0.3) is 5.56 Å². The predicted molar refractivity (Wildman–Crippen MR) is 204 cm³/mol. The zero-order chi connectivity index (χ0) is 41.8. The van der Waals surface area contributed by atoms with Crippen LogP contribution in [0.3, 0.4) is 0 Å². The maximum Gasteiger partial charge on any atom is 0.435 e. The molecule has 58 heavy (non-hydrogen) atoms. The van der Waals surface area contributed by atoms with Crippen LogP contribution < -0.4 is 15.6 Å². The summed E-state index contributed by atoms with van der Waals surface area (Å²) in [6, 6.07) is 9.58. The standard InChI is InChI=1S/C37H30ClF5N10O4S/c1-18-11-29(37(41,42)43)48-52(18)17-30(54)46-27(14-20-12-22(39)16-23(40)13-20)35-47-26-15-21(32-19(2)44-9-10-45-32)5-6-24(26)36(55)53(35)28-8-7-25(38)31-33(28)51(3)49-34(31)50-58(4,56)57/h5-13,15-16,27H,14,17H2,1-4H3,(H,46,54)(H,49,50)/t27-/m0/s1. The van der Waals surface area contributed by atoms with E-state index >= 15 is 0 Å². The van der Waals surface area contributed by atoms with Crippen molar-refractivity contribution >= 4 is 55.2 Å². The number of aromatic nitrogens is 8. The molecular formula is C37H30ClF5N10O4S. The number of aryl methyl sites for hydroxylation is 3. The Labute approximate surface area is 330 Å². The normalized spacial score (nSPS) is 12.7. The van der Waals surface area contributed by atoms with E-state index in [2.05, 4.69) is 30.2 Å². The zero-order valence-electron chi connectivity index (χ0n) is 30.7. The van der Waals surface area contributed by atoms with Gasteiger partial charge in [-0.15, -0.1) is 0 Å². The molecule has 0 radical (unpaired) electrons. The number of anilines is 1. The first-order chi connectivity index (χ1) is 27.3. The van der Waals surface area contributed by atoms with Gasteiger partial charge in [-0.25, -0.2) is 22.2 Å². The van der Waals surface area contributed by atoms with E-state index in [-0.39, 0.29) is 55.4 Å². The van der Waals surface area contributed by atoms with E-state index in [1.54, 1.807) is 19.1 Å². The molecular weight excluding hydrogens is 811 g/mol. The number of benzene rings is 3. The summed E-state index contributed by atoms with van der Waals surface area (Å²) < 4.78 is 99.9. The van der Waals surface area contributed by atoms with Crippen molar-refractivity contribution in [3.63, 3.8) is 0 Å². The van der Waals surface area contributed by atoms with E-state index in [4.69, 9.17) is 16.6 Å². The van der Waals surface area contributed by atoms with Crippen LogP contribution in [0.25, 0.3) is 38.8 Å². The van der Waals surface area contributed by atoms with Crippen LogP contribution in [0.1, 0.15) is 34.5 Å². The molecule has 0 saturated heterocycles. The van der Waals surface area contributed by atoms with Gasteiger partial charge in [0.15, 0.2) is 11.5 Å². The highest BCUT2D eigenvalue weighted by Gasteiger charge is 2.35. The van der Waals surface area contributed by atoms with E-state index in [1.165, 1.54) is 49.2 Å². The van der Waals surface area contributed by atoms with Crippen molar-refractivity contribution in [3.8, 4) is 16.9 Å². The molecule has 0 aliphatic heterocycles. The van der Waals surface area contributed by atoms with Crippen LogP contribution in [-0.2, 0) is 41.0 Å². The van der Waals surface area contributed by atoms with Crippen LogP contribution in [0, 0.1) is 25.5 Å². The van der Waals surface area contributed by atoms with Crippen molar-refractivity contribution in [2.75, 3.05) is 11.0 Å². The first kappa shape index (κ1) is 39.9. The van der Waals surface area contributed by atoms with Gasteiger partial charge in [-0.3, -0.25) is 38.2 Å². The summed E-state index contributed by atoms with van der Waals surface area (Å²) in [5.41, 5.74) is -0.0293. The van der Waals surface area contributed by atoms with Gasteiger partial charge in [-0.05, 0) is 61.9 Å². The summed E-state index contributed by atoms with van der Waals surface area (Å²) in [6.07, 6.45) is -1.28. The highest BCUT2D eigenvalue weighted by molar-refractivity contribution is 7.92. The fourth-order valence-corrected chi connectivity index (χ4v) is 7.39. The molecule has 300 valence electrons. The molecule has 0 fully saturated rings. The molecule has 2 N–H and O–H groups in total. The first-order valence-corrected chi connectivity index (χ1v) is 19.4. The fraction of sp³-hybridized carbons (Fsp3) is 0.216. The number of fused-ring (bicyclic) bond motifs is 2. The fourth-order valence-electron chi connectivity index (χ4n) is 6.65. The number of nitrogens with one attached hydrogen (secondary N) is 2. The Morgan fingerprint density at radius 2 is 1.67 bits per heavy atom. The van der Waals surface area contributed by atoms with Crippen molar-refractivity contribution in [1.82, 2.24) is 44.4 Å². The molecule has 4 heterocycles. The van der Waals surface area contributed by atoms with Gasteiger partial charge in [0, 0.05) is 43.2 Å². The minimum atomic E-state index is -4.79. The number of rotatable bonds is 10. The molecule has 0 unspecified atom stereocenters. The molecule has 0 saturated carbocycles. The van der Waals surface area contributed by atoms with E-state index in [1.807, 2.05) is 0 Å². The lowest BCUT2D eigenvalue weighted by Gasteiger charge is -2.24. The second kappa shape index (κ2) is 14.9. The van der Waals surface area contributed by atoms with Crippen LogP contribution >= 0.6 is 11.6 Å². The molecule has 0 aliphatic rings. The largest absolute Gasteiger partial charge is 0.435 e. The van der Waals surface area contributed by atoms with Crippen molar-refractivity contribution in [2.24, 2.45) is 7.05 Å². The molecule has 21 heteroatoms. The van der Waals surface area contributed by atoms with E-state index < -0.39 is 64.0 Å². The van der Waals surface area contributed by atoms with E-state index in [0.717, 1.165) is 33.7 Å². The molecule has 1 amide bonds. The monoisotopic (exact) mass is 840 g/mol. The van der Waals surface area contributed by atoms with Crippen LogP contribution in [0.15, 0.2) is 71.8 Å². The average molecular weight is 841 g/mol. The summed E-state index contributed by atoms with van der Waals surface area (Å²) >= 11 is 6.61. The van der Waals surface area contributed by atoms with Crippen molar-refractivity contribution < 1.29 is 35.2 Å². The van der Waals surface area contributed by atoms with Crippen LogP contribution in [-0.4, -0.2) is 59.7 Å². The summed E-state index contributed by atoms with van der Waals surface area (Å²) in [5.74, 6) is -3.14. The maximum atomic E-state index is 14.9. The minimum absolute atomic E-state index is 0.0112. The highest BCUT2D eigenvalue weighted by atomic mass is 35.5. The Morgan fingerprint density at radius 1 is 0.966 bits per heavy atom. The van der Waals surface area contributed by atoms with Gasteiger partial charge in [0.05, 0.1) is 56.2 Å². The highest BCUT2D eigenvalue weighted by Crippen LogP contribution is 2.36. The number of hydrogen-bond donors (Lipinski definition) is 2. The summed E-state index contributed by atoms with van der Waals surface area (Å²) in [4.78, 5) is 42.3. The van der Waals surface area contributed by atoms with Crippen molar-refractivity contribution in [2.45, 2.75) is 39.0 Å². The smallest absolute Gasteiger partial charge is 0.344 e. The third kappa shape index (κ3) is 7.97. The molecule has 0 bridgehead atoms. The van der Waals surface area contributed by atoms with E-state index in [9.17, 15) is 40.0 Å². The van der Waals surface area contributed by atoms with Gasteiger partial charge >= 0.3 is 6.18 Å². The summed E-state index contributed by atoms with van der Waals surface area (Å²) in [7, 11) is -2.41. The quantitative estimate of drug-likeness (QED) is 0.158. The second-order valence-corrected chi connectivity index (χ2v) is 15.6. The minimum Gasteiger partial charge on any atom is -0.344 e. The Hall–Kier alpha value is -6.28. The van der Waals surface area contributed by atoms with E-state index in [0.29, 0.717) is 23.0 Å². The Kier molecular flexibility index (Phi) is 10.3.